The van der Waals surface area contributed by atoms with E-state index >= 15 is 0 Å². The van der Waals surface area contributed by atoms with Gasteiger partial charge >= 0.3 is 0 Å². The number of hydrogen-bond donors (Lipinski definition) is 3. The molecular weight excluding hydrogens is 174 g/mol. The second-order valence-electron chi connectivity index (χ2n) is 3.25. The van der Waals surface area contributed by atoms with Gasteiger partial charge < -0.3 is 5.73 Å². The second-order valence-corrected chi connectivity index (χ2v) is 3.25. The number of nitrogens with one attached hydrogen (secondary N) is 2. The Balaban J connectivity index is 0.000000791. The maximum Gasteiger partial charge on any atom is 0.0823 e. The second kappa shape index (κ2) is 4.86. The number of nitrogens with two attached hydrogens (primary N) is 1. The quantitative estimate of drug-likeness (QED) is 0.507. The van der Waals surface area contributed by atoms with Gasteiger partial charge in [-0.2, -0.15) is 0 Å². The summed E-state index contributed by atoms with van der Waals surface area (Å²) in [6.45, 7) is 7.83. The summed E-state index contributed by atoms with van der Waals surface area (Å²) in [7, 11) is 1.50. The molecule has 1 aliphatic rings. The lowest BCUT2D eigenvalue weighted by molar-refractivity contribution is 1.22. The maximum atomic E-state index is 7.63. The fourth-order valence-electron chi connectivity index (χ4n) is 1.31. The lowest BCUT2D eigenvalue weighted by Crippen LogP contribution is -2.21. The summed E-state index contributed by atoms with van der Waals surface area (Å²) in [5.74, 6) is 0. The van der Waals surface area contributed by atoms with Crippen molar-refractivity contribution in [2.75, 3.05) is 7.05 Å². The first-order valence-electron chi connectivity index (χ1n) is 4.58. The normalized spacial score (nSPS) is 17.0. The van der Waals surface area contributed by atoms with Crippen molar-refractivity contribution in [3.8, 4) is 0 Å². The third kappa shape index (κ3) is 1.99. The molecule has 3 nitrogen and oxygen atoms in total. The van der Waals surface area contributed by atoms with Gasteiger partial charge in [-0.15, -0.1) is 0 Å². The van der Waals surface area contributed by atoms with Crippen LogP contribution in [0.2, 0.25) is 0 Å². The van der Waals surface area contributed by atoms with Gasteiger partial charge in [0.15, 0.2) is 0 Å². The van der Waals surface area contributed by atoms with Crippen molar-refractivity contribution in [3.05, 3.63) is 22.3 Å². The monoisotopic (exact) mass is 193 g/mol. The molecule has 0 aromatic heterocycles. The van der Waals surface area contributed by atoms with E-state index in [2.05, 4.69) is 5.73 Å². The minimum absolute atomic E-state index is 0.371. The van der Waals surface area contributed by atoms with Crippen molar-refractivity contribution < 1.29 is 0 Å². The van der Waals surface area contributed by atoms with Gasteiger partial charge in [-0.25, -0.2) is 0 Å². The molecule has 0 fully saturated rings. The highest BCUT2D eigenvalue weighted by atomic mass is 14.5. The van der Waals surface area contributed by atoms with E-state index in [-0.39, 0.29) is 0 Å². The molecule has 0 aliphatic heterocycles. The van der Waals surface area contributed by atoms with E-state index in [0.29, 0.717) is 11.4 Å². The van der Waals surface area contributed by atoms with E-state index in [1.54, 1.807) is 0 Å². The Morgan fingerprint density at radius 3 is 1.07 bits per heavy atom. The highest BCUT2D eigenvalue weighted by molar-refractivity contribution is 6.52. The zero-order chi connectivity index (χ0) is 11.5. The van der Waals surface area contributed by atoms with Gasteiger partial charge in [-0.3, -0.25) is 10.8 Å². The fraction of sp³-hybridized carbons (Fsp3) is 0.455. The van der Waals surface area contributed by atoms with Crippen LogP contribution in [0.1, 0.15) is 27.7 Å². The van der Waals surface area contributed by atoms with Crippen LogP contribution in [-0.4, -0.2) is 18.5 Å². The first kappa shape index (κ1) is 12.8. The summed E-state index contributed by atoms with van der Waals surface area (Å²) in [4.78, 5) is 0. The number of hydrogen-bond acceptors (Lipinski definition) is 3. The van der Waals surface area contributed by atoms with Crippen LogP contribution in [0.15, 0.2) is 22.3 Å². The van der Waals surface area contributed by atoms with Crippen molar-refractivity contribution in [2.45, 2.75) is 27.7 Å². The molecule has 0 atom stereocenters. The smallest absolute Gasteiger partial charge is 0.0823 e. The molecule has 0 aromatic carbocycles. The molecule has 0 bridgehead atoms. The van der Waals surface area contributed by atoms with Gasteiger partial charge in [0.05, 0.1) is 11.4 Å². The van der Waals surface area contributed by atoms with E-state index in [1.165, 1.54) is 7.05 Å². The molecule has 0 radical (unpaired) electrons. The Morgan fingerprint density at radius 1 is 0.643 bits per heavy atom. The van der Waals surface area contributed by atoms with Gasteiger partial charge in [0, 0.05) is 0 Å². The van der Waals surface area contributed by atoms with E-state index < -0.39 is 0 Å². The summed E-state index contributed by atoms with van der Waals surface area (Å²) in [5.41, 5.74) is 9.40. The Kier molecular flexibility index (Phi) is 4.44. The molecule has 0 saturated heterocycles. The van der Waals surface area contributed by atoms with Gasteiger partial charge in [0.2, 0.25) is 0 Å². The van der Waals surface area contributed by atoms with Gasteiger partial charge in [-0.05, 0) is 57.0 Å². The largest absolute Gasteiger partial charge is 0.333 e. The third-order valence-corrected chi connectivity index (χ3v) is 2.69. The Morgan fingerprint density at radius 2 is 0.857 bits per heavy atom. The molecule has 0 spiro atoms. The van der Waals surface area contributed by atoms with E-state index in [4.69, 9.17) is 10.8 Å². The van der Waals surface area contributed by atoms with Crippen LogP contribution in [0, 0.1) is 10.8 Å². The Hall–Kier alpha value is -1.22. The summed E-state index contributed by atoms with van der Waals surface area (Å²) < 4.78 is 0. The lowest BCUT2D eigenvalue weighted by Gasteiger charge is -2.19. The van der Waals surface area contributed by atoms with Crippen LogP contribution in [-0.2, 0) is 0 Å². The van der Waals surface area contributed by atoms with E-state index in [9.17, 15) is 0 Å². The Labute approximate surface area is 85.7 Å². The average molecular weight is 193 g/mol. The molecular formula is C11H19N3. The first-order valence-corrected chi connectivity index (χ1v) is 4.58. The third-order valence-electron chi connectivity index (χ3n) is 2.69. The van der Waals surface area contributed by atoms with Crippen LogP contribution in [0.25, 0.3) is 0 Å². The zero-order valence-electron chi connectivity index (χ0n) is 9.58. The molecule has 0 aromatic rings. The van der Waals surface area contributed by atoms with Crippen molar-refractivity contribution in [2.24, 2.45) is 5.73 Å². The highest BCUT2D eigenvalue weighted by Gasteiger charge is 2.19. The molecule has 0 unspecified atom stereocenters. The summed E-state index contributed by atoms with van der Waals surface area (Å²) in [6, 6.07) is 0. The molecule has 14 heavy (non-hydrogen) atoms. The Bertz CT molecular complexity index is 283. The maximum absolute atomic E-state index is 7.63. The molecule has 1 aliphatic carbocycles. The van der Waals surface area contributed by atoms with Crippen molar-refractivity contribution >= 4 is 11.4 Å². The van der Waals surface area contributed by atoms with Crippen molar-refractivity contribution in [1.29, 1.82) is 10.8 Å². The lowest BCUT2D eigenvalue weighted by atomic mass is 9.86. The van der Waals surface area contributed by atoms with E-state index in [1.807, 2.05) is 27.7 Å². The fourth-order valence-corrected chi connectivity index (χ4v) is 1.31. The van der Waals surface area contributed by atoms with Gasteiger partial charge in [-0.1, -0.05) is 0 Å². The van der Waals surface area contributed by atoms with Gasteiger partial charge in [0.25, 0.3) is 0 Å². The minimum atomic E-state index is 0.371. The summed E-state index contributed by atoms with van der Waals surface area (Å²) >= 11 is 0. The summed E-state index contributed by atoms with van der Waals surface area (Å²) in [5, 5.41) is 15.3. The van der Waals surface area contributed by atoms with E-state index in [0.717, 1.165) is 22.3 Å². The van der Waals surface area contributed by atoms with Crippen LogP contribution < -0.4 is 5.73 Å². The van der Waals surface area contributed by atoms with Gasteiger partial charge in [0.1, 0.15) is 0 Å². The molecule has 0 saturated carbocycles. The first-order chi connectivity index (χ1) is 6.46. The predicted octanol–water partition coefficient (Wildman–Crippen LogP) is 2.29. The number of rotatable bonds is 0. The van der Waals surface area contributed by atoms with Crippen LogP contribution in [0.4, 0.5) is 0 Å². The SMILES string of the molecule is CC1=C(C)C(C)=C(C)C(=N)C1=N.CN. The topological polar surface area (TPSA) is 73.7 Å². The molecule has 3 heteroatoms. The zero-order valence-corrected chi connectivity index (χ0v) is 9.58. The molecule has 0 amide bonds. The molecule has 4 N–H and O–H groups in total. The number of allylic oxidation sites excluding steroid dienone is 4. The van der Waals surface area contributed by atoms with Crippen molar-refractivity contribution in [3.63, 3.8) is 0 Å². The standard InChI is InChI=1S/C10H14N2.CH5N/c1-5-6(2)8(4)10(12)9(11)7(5)3;1-2/h11-12H,1-4H3;2H2,1H3. The van der Waals surface area contributed by atoms with Crippen LogP contribution >= 0.6 is 0 Å². The van der Waals surface area contributed by atoms with Crippen LogP contribution in [0.5, 0.6) is 0 Å². The minimum Gasteiger partial charge on any atom is -0.333 e. The van der Waals surface area contributed by atoms with Crippen molar-refractivity contribution in [1.82, 2.24) is 0 Å². The molecule has 0 heterocycles. The molecule has 1 rings (SSSR count). The predicted molar refractivity (Wildman–Crippen MR) is 62.3 cm³/mol. The molecule has 78 valence electrons. The average Bonchev–Trinajstić information content (AvgIpc) is 2.24. The van der Waals surface area contributed by atoms with Crippen LogP contribution in [0.3, 0.4) is 0 Å². The summed E-state index contributed by atoms with van der Waals surface area (Å²) in [6.07, 6.45) is 0. The highest BCUT2D eigenvalue weighted by Crippen LogP contribution is 2.24.